The van der Waals surface area contributed by atoms with Crippen molar-refractivity contribution in [1.82, 2.24) is 4.90 Å². The standard InChI is InChI=1S/C17H14N2O/c1-12(14-5-3-2-4-6-14)19-11-15-8-7-13(10-18)9-16(15)17(19)20/h2-9,12H,11H2,1H3/t12-/m1/s1. The van der Waals surface area contributed by atoms with Crippen molar-refractivity contribution in [3.63, 3.8) is 0 Å². The van der Waals surface area contributed by atoms with Crippen LogP contribution < -0.4 is 0 Å². The molecule has 3 heteroatoms. The molecule has 0 aromatic heterocycles. The molecular weight excluding hydrogens is 248 g/mol. The molecule has 0 N–H and O–H groups in total. The molecule has 98 valence electrons. The van der Waals surface area contributed by atoms with E-state index in [4.69, 9.17) is 5.26 Å². The molecule has 0 saturated carbocycles. The summed E-state index contributed by atoms with van der Waals surface area (Å²) in [4.78, 5) is 14.3. The highest BCUT2D eigenvalue weighted by Gasteiger charge is 2.31. The van der Waals surface area contributed by atoms with Crippen molar-refractivity contribution in [1.29, 1.82) is 5.26 Å². The predicted octanol–water partition coefficient (Wildman–Crippen LogP) is 3.28. The highest BCUT2D eigenvalue weighted by Crippen LogP contribution is 2.31. The summed E-state index contributed by atoms with van der Waals surface area (Å²) in [5.41, 5.74) is 3.31. The third-order valence-electron chi connectivity index (χ3n) is 3.82. The van der Waals surface area contributed by atoms with E-state index in [2.05, 4.69) is 6.07 Å². The molecule has 0 aliphatic carbocycles. The summed E-state index contributed by atoms with van der Waals surface area (Å²) in [7, 11) is 0. The lowest BCUT2D eigenvalue weighted by molar-refractivity contribution is 0.0716. The average Bonchev–Trinajstić information content (AvgIpc) is 2.84. The summed E-state index contributed by atoms with van der Waals surface area (Å²) in [5.74, 6) is 0.00783. The zero-order chi connectivity index (χ0) is 14.1. The van der Waals surface area contributed by atoms with Crippen LogP contribution in [-0.2, 0) is 6.54 Å². The summed E-state index contributed by atoms with van der Waals surface area (Å²) in [6.45, 7) is 2.64. The first kappa shape index (κ1) is 12.4. The van der Waals surface area contributed by atoms with E-state index in [0.717, 1.165) is 11.1 Å². The van der Waals surface area contributed by atoms with Gasteiger partial charge in [0, 0.05) is 12.1 Å². The van der Waals surface area contributed by atoms with E-state index in [1.165, 1.54) is 0 Å². The Hall–Kier alpha value is -2.60. The van der Waals surface area contributed by atoms with Crippen LogP contribution in [0.2, 0.25) is 0 Å². The Morgan fingerprint density at radius 2 is 1.95 bits per heavy atom. The third-order valence-corrected chi connectivity index (χ3v) is 3.82. The number of carbonyl (C=O) groups is 1. The van der Waals surface area contributed by atoms with Crippen LogP contribution in [-0.4, -0.2) is 10.8 Å². The molecule has 1 aliphatic rings. The van der Waals surface area contributed by atoms with Gasteiger partial charge in [0.2, 0.25) is 0 Å². The Balaban J connectivity index is 1.92. The van der Waals surface area contributed by atoms with Crippen molar-refractivity contribution in [2.75, 3.05) is 0 Å². The van der Waals surface area contributed by atoms with Crippen LogP contribution in [0.25, 0.3) is 0 Å². The van der Waals surface area contributed by atoms with Gasteiger partial charge in [0.25, 0.3) is 5.91 Å². The lowest BCUT2D eigenvalue weighted by Crippen LogP contribution is -2.27. The van der Waals surface area contributed by atoms with Crippen LogP contribution in [0.4, 0.5) is 0 Å². The Kier molecular flexibility index (Phi) is 3.00. The molecule has 0 bridgehead atoms. The van der Waals surface area contributed by atoms with Gasteiger partial charge >= 0.3 is 0 Å². The molecule has 1 aliphatic heterocycles. The fourth-order valence-electron chi connectivity index (χ4n) is 2.62. The average molecular weight is 262 g/mol. The molecule has 2 aromatic carbocycles. The number of rotatable bonds is 2. The summed E-state index contributed by atoms with van der Waals surface area (Å²) in [6.07, 6.45) is 0. The number of carbonyl (C=O) groups excluding carboxylic acids is 1. The van der Waals surface area contributed by atoms with E-state index >= 15 is 0 Å². The van der Waals surface area contributed by atoms with Gasteiger partial charge in [-0.1, -0.05) is 36.4 Å². The van der Waals surface area contributed by atoms with E-state index in [1.54, 1.807) is 12.1 Å². The van der Waals surface area contributed by atoms with E-state index in [-0.39, 0.29) is 11.9 Å². The van der Waals surface area contributed by atoms with Crippen LogP contribution >= 0.6 is 0 Å². The van der Waals surface area contributed by atoms with Gasteiger partial charge in [-0.05, 0) is 30.2 Å². The largest absolute Gasteiger partial charge is 0.328 e. The highest BCUT2D eigenvalue weighted by atomic mass is 16.2. The van der Waals surface area contributed by atoms with Gasteiger partial charge in [0.15, 0.2) is 0 Å². The topological polar surface area (TPSA) is 44.1 Å². The quantitative estimate of drug-likeness (QED) is 0.833. The lowest BCUT2D eigenvalue weighted by Gasteiger charge is -2.24. The minimum Gasteiger partial charge on any atom is -0.328 e. The van der Waals surface area contributed by atoms with Crippen molar-refractivity contribution < 1.29 is 4.79 Å². The predicted molar refractivity (Wildman–Crippen MR) is 75.9 cm³/mol. The van der Waals surface area contributed by atoms with Crippen molar-refractivity contribution in [3.8, 4) is 6.07 Å². The highest BCUT2D eigenvalue weighted by molar-refractivity contribution is 5.98. The third kappa shape index (κ3) is 1.96. The summed E-state index contributed by atoms with van der Waals surface area (Å²) >= 11 is 0. The summed E-state index contributed by atoms with van der Waals surface area (Å²) in [6, 6.07) is 17.4. The maximum Gasteiger partial charge on any atom is 0.255 e. The number of hydrogen-bond acceptors (Lipinski definition) is 2. The van der Waals surface area contributed by atoms with Gasteiger partial charge in [0.1, 0.15) is 0 Å². The molecule has 20 heavy (non-hydrogen) atoms. The van der Waals surface area contributed by atoms with Crippen LogP contribution in [0, 0.1) is 11.3 Å². The molecule has 0 radical (unpaired) electrons. The molecule has 2 aromatic rings. The minimum atomic E-state index is 0.00783. The monoisotopic (exact) mass is 262 g/mol. The normalized spacial score (nSPS) is 14.8. The molecule has 0 fully saturated rings. The number of amides is 1. The van der Waals surface area contributed by atoms with E-state index < -0.39 is 0 Å². The SMILES string of the molecule is C[C@H](c1ccccc1)N1Cc2ccc(C#N)cc2C1=O. The first-order chi connectivity index (χ1) is 9.70. The number of fused-ring (bicyclic) bond motifs is 1. The van der Waals surface area contributed by atoms with Gasteiger partial charge in [0.05, 0.1) is 17.7 Å². The fraction of sp³-hybridized carbons (Fsp3) is 0.176. The summed E-state index contributed by atoms with van der Waals surface area (Å²) in [5, 5.41) is 8.93. The van der Waals surface area contributed by atoms with Gasteiger partial charge in [-0.15, -0.1) is 0 Å². The molecule has 0 saturated heterocycles. The Labute approximate surface area is 118 Å². The molecule has 0 unspecified atom stereocenters. The van der Waals surface area contributed by atoms with Gasteiger partial charge in [-0.2, -0.15) is 5.26 Å². The van der Waals surface area contributed by atoms with Gasteiger partial charge in [-0.25, -0.2) is 0 Å². The van der Waals surface area contributed by atoms with Crippen molar-refractivity contribution in [3.05, 3.63) is 70.8 Å². The molecule has 3 rings (SSSR count). The number of nitrogens with zero attached hydrogens (tertiary/aromatic N) is 2. The first-order valence-electron chi connectivity index (χ1n) is 6.59. The maximum atomic E-state index is 12.5. The van der Waals surface area contributed by atoms with Crippen LogP contribution in [0.15, 0.2) is 48.5 Å². The molecule has 0 spiro atoms. The fourth-order valence-corrected chi connectivity index (χ4v) is 2.62. The molecular formula is C17H14N2O. The molecule has 1 amide bonds. The second-order valence-corrected chi connectivity index (χ2v) is 5.00. The lowest BCUT2D eigenvalue weighted by atomic mass is 10.1. The molecule has 3 nitrogen and oxygen atoms in total. The maximum absolute atomic E-state index is 12.5. The van der Waals surface area contributed by atoms with Crippen LogP contribution in [0.5, 0.6) is 0 Å². The van der Waals surface area contributed by atoms with Crippen molar-refractivity contribution in [2.24, 2.45) is 0 Å². The summed E-state index contributed by atoms with van der Waals surface area (Å²) < 4.78 is 0. The Bertz CT molecular complexity index is 701. The Morgan fingerprint density at radius 3 is 2.65 bits per heavy atom. The van der Waals surface area contributed by atoms with Crippen molar-refractivity contribution >= 4 is 5.91 Å². The smallest absolute Gasteiger partial charge is 0.255 e. The van der Waals surface area contributed by atoms with Crippen LogP contribution in [0.3, 0.4) is 0 Å². The zero-order valence-electron chi connectivity index (χ0n) is 11.2. The van der Waals surface area contributed by atoms with Gasteiger partial charge in [-0.3, -0.25) is 4.79 Å². The van der Waals surface area contributed by atoms with Crippen LogP contribution in [0.1, 0.15) is 40.0 Å². The number of nitriles is 1. The molecule has 1 atom stereocenters. The van der Waals surface area contributed by atoms with E-state index in [1.807, 2.05) is 48.2 Å². The van der Waals surface area contributed by atoms with Crippen molar-refractivity contribution in [2.45, 2.75) is 19.5 Å². The van der Waals surface area contributed by atoms with E-state index in [9.17, 15) is 4.79 Å². The molecule has 1 heterocycles. The number of hydrogen-bond donors (Lipinski definition) is 0. The first-order valence-corrected chi connectivity index (χ1v) is 6.59. The zero-order valence-corrected chi connectivity index (χ0v) is 11.2. The Morgan fingerprint density at radius 1 is 1.20 bits per heavy atom. The van der Waals surface area contributed by atoms with E-state index in [0.29, 0.717) is 17.7 Å². The second kappa shape index (κ2) is 4.82. The second-order valence-electron chi connectivity index (χ2n) is 5.00. The van der Waals surface area contributed by atoms with Gasteiger partial charge < -0.3 is 4.90 Å². The number of benzene rings is 2. The minimum absolute atomic E-state index is 0.00783.